The predicted octanol–water partition coefficient (Wildman–Crippen LogP) is 2.59. The largest absolute Gasteiger partial charge is 0.497 e. The van der Waals surface area contributed by atoms with Gasteiger partial charge in [0.2, 0.25) is 5.91 Å². The van der Waals surface area contributed by atoms with E-state index in [4.69, 9.17) is 26.4 Å². The molecular formula is C20H21N3O4S. The second kappa shape index (κ2) is 6.87. The summed E-state index contributed by atoms with van der Waals surface area (Å²) in [6.45, 7) is 1.83. The monoisotopic (exact) mass is 399 g/mol. The molecule has 2 aromatic rings. The number of anilines is 1. The molecule has 2 aliphatic rings. The zero-order valence-corrected chi connectivity index (χ0v) is 16.6. The maximum absolute atomic E-state index is 13.2. The van der Waals surface area contributed by atoms with Crippen molar-refractivity contribution in [3.05, 3.63) is 48.0 Å². The third-order valence-corrected chi connectivity index (χ3v) is 5.31. The molecule has 0 spiro atoms. The molecule has 2 aliphatic heterocycles. The summed E-state index contributed by atoms with van der Waals surface area (Å²) in [4.78, 5) is 13.2. The molecule has 28 heavy (non-hydrogen) atoms. The number of rotatable bonds is 4. The van der Waals surface area contributed by atoms with Crippen molar-refractivity contribution in [1.82, 2.24) is 10.6 Å². The molecule has 0 radical (unpaired) electrons. The number of carbonyl (C=O) groups is 1. The highest BCUT2D eigenvalue weighted by Crippen LogP contribution is 2.46. The summed E-state index contributed by atoms with van der Waals surface area (Å²) in [5.41, 5.74) is 0.521. The Labute approximate surface area is 168 Å². The standard InChI is InChI=1S/C20H21N3O4S/c1-20-16(18(24)21-11-4-6-12(25-2)7-5-11)17(22-19(28)23-20)14-10-13(26-3)8-9-15(14)27-20/h4-10,16-17H,1-3H3,(H,21,24)(H2,22,23,28)/t16-,17+,20-/m0/s1. The van der Waals surface area contributed by atoms with Gasteiger partial charge in [0.15, 0.2) is 10.8 Å². The third kappa shape index (κ3) is 3.09. The van der Waals surface area contributed by atoms with E-state index in [1.807, 2.05) is 25.1 Å². The van der Waals surface area contributed by atoms with Crippen molar-refractivity contribution in [2.75, 3.05) is 19.5 Å². The van der Waals surface area contributed by atoms with Crippen LogP contribution in [-0.4, -0.2) is 31.0 Å². The van der Waals surface area contributed by atoms with E-state index in [2.05, 4.69) is 16.0 Å². The van der Waals surface area contributed by atoms with Gasteiger partial charge in [0.1, 0.15) is 23.2 Å². The number of ether oxygens (including phenoxy) is 3. The summed E-state index contributed by atoms with van der Waals surface area (Å²) in [6, 6.07) is 12.4. The Balaban J connectivity index is 1.68. The number of nitrogens with one attached hydrogen (secondary N) is 3. The van der Waals surface area contributed by atoms with Gasteiger partial charge in [-0.15, -0.1) is 0 Å². The lowest BCUT2D eigenvalue weighted by Crippen LogP contribution is -2.70. The molecule has 0 aliphatic carbocycles. The van der Waals surface area contributed by atoms with Crippen molar-refractivity contribution in [2.24, 2.45) is 5.92 Å². The smallest absolute Gasteiger partial charge is 0.236 e. The van der Waals surface area contributed by atoms with Crippen LogP contribution in [0.25, 0.3) is 0 Å². The van der Waals surface area contributed by atoms with Crippen LogP contribution in [0.1, 0.15) is 18.5 Å². The highest BCUT2D eigenvalue weighted by molar-refractivity contribution is 7.80. The molecule has 3 N–H and O–H groups in total. The summed E-state index contributed by atoms with van der Waals surface area (Å²) >= 11 is 5.34. The van der Waals surface area contributed by atoms with Crippen molar-refractivity contribution in [1.29, 1.82) is 0 Å². The van der Waals surface area contributed by atoms with E-state index < -0.39 is 11.6 Å². The fourth-order valence-electron chi connectivity index (χ4n) is 3.74. The van der Waals surface area contributed by atoms with Crippen LogP contribution < -0.4 is 30.2 Å². The van der Waals surface area contributed by atoms with E-state index >= 15 is 0 Å². The molecule has 0 unspecified atom stereocenters. The first-order chi connectivity index (χ1) is 13.4. The third-order valence-electron chi connectivity index (χ3n) is 5.09. The summed E-state index contributed by atoms with van der Waals surface area (Å²) in [5.74, 6) is 1.34. The molecule has 0 saturated carbocycles. The maximum Gasteiger partial charge on any atom is 0.236 e. The Morgan fingerprint density at radius 2 is 1.82 bits per heavy atom. The first kappa shape index (κ1) is 18.4. The zero-order valence-electron chi connectivity index (χ0n) is 15.7. The number of amides is 1. The molecule has 7 nitrogen and oxygen atoms in total. The lowest BCUT2D eigenvalue weighted by Gasteiger charge is -2.50. The van der Waals surface area contributed by atoms with Gasteiger partial charge in [0, 0.05) is 11.3 Å². The summed E-state index contributed by atoms with van der Waals surface area (Å²) in [5, 5.41) is 9.74. The first-order valence-corrected chi connectivity index (χ1v) is 9.25. The van der Waals surface area contributed by atoms with Crippen LogP contribution in [0.3, 0.4) is 0 Å². The highest BCUT2D eigenvalue weighted by Gasteiger charge is 2.54. The first-order valence-electron chi connectivity index (χ1n) is 8.84. The van der Waals surface area contributed by atoms with Crippen molar-refractivity contribution in [2.45, 2.75) is 18.7 Å². The molecule has 1 fully saturated rings. The number of carbonyl (C=O) groups excluding carboxylic acids is 1. The van der Waals surface area contributed by atoms with E-state index in [0.717, 1.165) is 11.3 Å². The zero-order chi connectivity index (χ0) is 19.9. The Hall–Kier alpha value is -3.00. The van der Waals surface area contributed by atoms with Crippen LogP contribution >= 0.6 is 12.2 Å². The van der Waals surface area contributed by atoms with Gasteiger partial charge < -0.3 is 30.2 Å². The van der Waals surface area contributed by atoms with Gasteiger partial charge in [-0.1, -0.05) is 0 Å². The molecular weight excluding hydrogens is 378 g/mol. The summed E-state index contributed by atoms with van der Waals surface area (Å²) in [6.07, 6.45) is 0. The van der Waals surface area contributed by atoms with E-state index in [0.29, 0.717) is 22.3 Å². The average molecular weight is 399 g/mol. The molecule has 1 saturated heterocycles. The summed E-state index contributed by atoms with van der Waals surface area (Å²) < 4.78 is 16.7. The van der Waals surface area contributed by atoms with Crippen LogP contribution in [0.2, 0.25) is 0 Å². The van der Waals surface area contributed by atoms with E-state index in [-0.39, 0.29) is 11.9 Å². The van der Waals surface area contributed by atoms with Gasteiger partial charge in [0.25, 0.3) is 0 Å². The van der Waals surface area contributed by atoms with Gasteiger partial charge in [0.05, 0.1) is 20.3 Å². The normalized spacial score (nSPS) is 24.8. The number of thiocarbonyl (C=S) groups is 1. The number of fused-ring (bicyclic) bond motifs is 4. The molecule has 2 bridgehead atoms. The lowest BCUT2D eigenvalue weighted by atomic mass is 9.80. The topological polar surface area (TPSA) is 80.9 Å². The Morgan fingerprint density at radius 1 is 1.14 bits per heavy atom. The van der Waals surface area contributed by atoms with Gasteiger partial charge in [-0.2, -0.15) is 0 Å². The van der Waals surface area contributed by atoms with Crippen molar-refractivity contribution in [3.8, 4) is 17.2 Å². The Bertz CT molecular complexity index is 934. The molecule has 0 aromatic heterocycles. The number of hydrogen-bond acceptors (Lipinski definition) is 5. The molecule has 8 heteroatoms. The molecule has 2 heterocycles. The van der Waals surface area contributed by atoms with E-state index in [9.17, 15) is 4.79 Å². The van der Waals surface area contributed by atoms with Crippen LogP contribution in [-0.2, 0) is 4.79 Å². The quantitative estimate of drug-likeness (QED) is 0.682. The fourth-order valence-corrected chi connectivity index (χ4v) is 4.07. The maximum atomic E-state index is 13.2. The second-order valence-electron chi connectivity index (χ2n) is 6.88. The van der Waals surface area contributed by atoms with Crippen LogP contribution in [0.4, 0.5) is 5.69 Å². The molecule has 146 valence electrons. The molecule has 2 aromatic carbocycles. The van der Waals surface area contributed by atoms with E-state index in [1.54, 1.807) is 38.5 Å². The van der Waals surface area contributed by atoms with Crippen molar-refractivity contribution >= 4 is 28.9 Å². The van der Waals surface area contributed by atoms with E-state index in [1.165, 1.54) is 0 Å². The minimum absolute atomic E-state index is 0.186. The van der Waals surface area contributed by atoms with Crippen molar-refractivity contribution in [3.63, 3.8) is 0 Å². The second-order valence-corrected chi connectivity index (χ2v) is 7.29. The molecule has 3 atom stereocenters. The number of benzene rings is 2. The fraction of sp³-hybridized carbons (Fsp3) is 0.300. The minimum atomic E-state index is -0.981. The van der Waals surface area contributed by atoms with Crippen LogP contribution in [0, 0.1) is 5.92 Å². The highest BCUT2D eigenvalue weighted by atomic mass is 32.1. The Kier molecular flexibility index (Phi) is 4.50. The van der Waals surface area contributed by atoms with Crippen LogP contribution in [0.15, 0.2) is 42.5 Å². The SMILES string of the molecule is COc1ccc(NC(=O)[C@@H]2[C@@H]3NC(=S)N[C@@]2(C)Oc2ccc(OC)cc23)cc1. The average Bonchev–Trinajstić information content (AvgIpc) is 2.67. The van der Waals surface area contributed by atoms with Crippen molar-refractivity contribution < 1.29 is 19.0 Å². The lowest BCUT2D eigenvalue weighted by molar-refractivity contribution is -0.132. The molecule has 4 rings (SSSR count). The predicted molar refractivity (Wildman–Crippen MR) is 109 cm³/mol. The number of methoxy groups -OCH3 is 2. The molecule has 1 amide bonds. The number of hydrogen-bond donors (Lipinski definition) is 3. The van der Waals surface area contributed by atoms with Gasteiger partial charge >= 0.3 is 0 Å². The summed E-state index contributed by atoms with van der Waals surface area (Å²) in [7, 11) is 3.20. The van der Waals surface area contributed by atoms with Gasteiger partial charge in [-0.05, 0) is 61.6 Å². The minimum Gasteiger partial charge on any atom is -0.497 e. The van der Waals surface area contributed by atoms with Gasteiger partial charge in [-0.25, -0.2) is 0 Å². The van der Waals surface area contributed by atoms with Crippen LogP contribution in [0.5, 0.6) is 17.2 Å². The Morgan fingerprint density at radius 3 is 2.50 bits per heavy atom. The van der Waals surface area contributed by atoms with Gasteiger partial charge in [-0.3, -0.25) is 4.79 Å².